The van der Waals surface area contributed by atoms with E-state index in [4.69, 9.17) is 0 Å². The topological polar surface area (TPSA) is 37.6 Å². The molecule has 1 unspecified atom stereocenters. The summed E-state index contributed by atoms with van der Waals surface area (Å²) in [4.78, 5) is 19.2. The average Bonchev–Trinajstić information content (AvgIpc) is 3.06. The average molecular weight is 351 g/mol. The van der Waals surface area contributed by atoms with Crippen LogP contribution in [0.1, 0.15) is 36.7 Å². The van der Waals surface area contributed by atoms with Crippen LogP contribution in [0.4, 0.5) is 10.1 Å². The molecule has 1 aliphatic rings. The van der Waals surface area contributed by atoms with Crippen LogP contribution in [0.3, 0.4) is 0 Å². The van der Waals surface area contributed by atoms with Gasteiger partial charge in [-0.1, -0.05) is 20.8 Å². The van der Waals surface area contributed by atoms with Crippen molar-refractivity contribution in [1.29, 1.82) is 0 Å². The number of carbonyl (C=O) groups excluding carboxylic acids is 1. The first-order chi connectivity index (χ1) is 12.3. The Morgan fingerprint density at radius 1 is 1.23 bits per heavy atom. The molecule has 4 rings (SSSR count). The molecule has 26 heavy (non-hydrogen) atoms. The van der Waals surface area contributed by atoms with Crippen molar-refractivity contribution >= 4 is 17.1 Å². The highest BCUT2D eigenvalue weighted by Gasteiger charge is 2.35. The Labute approximate surface area is 152 Å². The predicted molar refractivity (Wildman–Crippen MR) is 99.9 cm³/mol. The third-order valence-electron chi connectivity index (χ3n) is 5.33. The van der Waals surface area contributed by atoms with Gasteiger partial charge in [-0.05, 0) is 53.6 Å². The molecule has 0 saturated carbocycles. The van der Waals surface area contributed by atoms with E-state index in [1.165, 1.54) is 6.07 Å². The van der Waals surface area contributed by atoms with Gasteiger partial charge in [0.05, 0.1) is 18.0 Å². The zero-order chi connectivity index (χ0) is 18.5. The minimum atomic E-state index is -0.258. The summed E-state index contributed by atoms with van der Waals surface area (Å²) in [6.45, 7) is 7.14. The standard InChI is InChI=1S/C21H22FN3O/c1-21(2,3)16-8-15-9-17(22)4-5-19(15)25(12-16)20(26)14-6-7-24-13-23-11-18(24)10-14/h4-7,9-11,13,16H,8,12H2,1-3H3. The molecule has 134 valence electrons. The normalized spacial score (nSPS) is 17.4. The van der Waals surface area contributed by atoms with Crippen molar-refractivity contribution in [3.63, 3.8) is 0 Å². The van der Waals surface area contributed by atoms with E-state index in [0.29, 0.717) is 12.1 Å². The van der Waals surface area contributed by atoms with Gasteiger partial charge in [0.15, 0.2) is 0 Å². The summed E-state index contributed by atoms with van der Waals surface area (Å²) < 4.78 is 15.7. The van der Waals surface area contributed by atoms with Gasteiger partial charge in [-0.15, -0.1) is 0 Å². The lowest BCUT2D eigenvalue weighted by molar-refractivity contribution is 0.0969. The SMILES string of the molecule is CC(C)(C)C1Cc2cc(F)ccc2N(C(=O)c2ccn3cncc3c2)C1. The molecule has 1 aromatic carbocycles. The second-order valence-electron chi connectivity index (χ2n) is 8.10. The number of hydrogen-bond donors (Lipinski definition) is 0. The molecule has 3 heterocycles. The monoisotopic (exact) mass is 351 g/mol. The third-order valence-corrected chi connectivity index (χ3v) is 5.33. The molecule has 1 amide bonds. The third kappa shape index (κ3) is 2.87. The minimum absolute atomic E-state index is 0.0257. The maximum atomic E-state index is 13.8. The summed E-state index contributed by atoms with van der Waals surface area (Å²) in [7, 11) is 0. The van der Waals surface area contributed by atoms with Crippen molar-refractivity contribution in [3.05, 3.63) is 66.0 Å². The lowest BCUT2D eigenvalue weighted by Crippen LogP contribution is -2.44. The number of nitrogens with zero attached hydrogens (tertiary/aromatic N) is 3. The van der Waals surface area contributed by atoms with Crippen molar-refractivity contribution in [3.8, 4) is 0 Å². The zero-order valence-corrected chi connectivity index (χ0v) is 15.2. The van der Waals surface area contributed by atoms with Gasteiger partial charge in [-0.3, -0.25) is 4.79 Å². The van der Waals surface area contributed by atoms with E-state index in [9.17, 15) is 9.18 Å². The van der Waals surface area contributed by atoms with Gasteiger partial charge in [0.25, 0.3) is 5.91 Å². The largest absolute Gasteiger partial charge is 0.308 e. The smallest absolute Gasteiger partial charge is 0.258 e. The summed E-state index contributed by atoms with van der Waals surface area (Å²) in [5.74, 6) is -0.0543. The lowest BCUT2D eigenvalue weighted by atomic mass is 9.74. The van der Waals surface area contributed by atoms with E-state index in [1.807, 2.05) is 16.7 Å². The molecule has 1 atom stereocenters. The number of aromatic nitrogens is 2. The number of halogens is 1. The number of amides is 1. The van der Waals surface area contributed by atoms with Gasteiger partial charge in [0, 0.05) is 24.0 Å². The molecular weight excluding hydrogens is 329 g/mol. The Morgan fingerprint density at radius 3 is 2.81 bits per heavy atom. The van der Waals surface area contributed by atoms with Crippen molar-refractivity contribution in [2.24, 2.45) is 11.3 Å². The Kier molecular flexibility index (Phi) is 3.83. The predicted octanol–water partition coefficient (Wildman–Crippen LogP) is 4.34. The number of rotatable bonds is 1. The summed E-state index contributed by atoms with van der Waals surface area (Å²) in [6.07, 6.45) is 6.06. The van der Waals surface area contributed by atoms with Gasteiger partial charge in [0.2, 0.25) is 0 Å². The fourth-order valence-corrected chi connectivity index (χ4v) is 3.61. The molecule has 5 heteroatoms. The molecule has 0 saturated heterocycles. The van der Waals surface area contributed by atoms with E-state index in [0.717, 1.165) is 23.2 Å². The maximum Gasteiger partial charge on any atom is 0.258 e. The van der Waals surface area contributed by atoms with Crippen LogP contribution >= 0.6 is 0 Å². The van der Waals surface area contributed by atoms with E-state index >= 15 is 0 Å². The Morgan fingerprint density at radius 2 is 2.04 bits per heavy atom. The first kappa shape index (κ1) is 16.8. The molecule has 2 aromatic heterocycles. The van der Waals surface area contributed by atoms with Crippen LogP contribution in [0.25, 0.3) is 5.52 Å². The highest BCUT2D eigenvalue weighted by molar-refractivity contribution is 6.07. The first-order valence-electron chi connectivity index (χ1n) is 8.85. The summed E-state index contributed by atoms with van der Waals surface area (Å²) >= 11 is 0. The zero-order valence-electron chi connectivity index (χ0n) is 15.2. The molecule has 3 aromatic rings. The number of imidazole rings is 1. The number of hydrogen-bond acceptors (Lipinski definition) is 2. The minimum Gasteiger partial charge on any atom is -0.308 e. The summed E-state index contributed by atoms with van der Waals surface area (Å²) in [6, 6.07) is 8.36. The van der Waals surface area contributed by atoms with Gasteiger partial charge in [0.1, 0.15) is 5.82 Å². The fraction of sp³-hybridized carbons (Fsp3) is 0.333. The Balaban J connectivity index is 1.77. The Hall–Kier alpha value is -2.69. The van der Waals surface area contributed by atoms with Crippen LogP contribution in [0.2, 0.25) is 0 Å². The van der Waals surface area contributed by atoms with Gasteiger partial charge in [-0.2, -0.15) is 0 Å². The fourth-order valence-electron chi connectivity index (χ4n) is 3.61. The van der Waals surface area contributed by atoms with Crippen molar-refractivity contribution in [2.45, 2.75) is 27.2 Å². The number of anilines is 1. The van der Waals surface area contributed by atoms with Crippen LogP contribution in [0.15, 0.2) is 49.1 Å². The second kappa shape index (κ2) is 5.94. The van der Waals surface area contributed by atoms with Crippen molar-refractivity contribution in [1.82, 2.24) is 9.38 Å². The molecule has 4 nitrogen and oxygen atoms in total. The lowest BCUT2D eigenvalue weighted by Gasteiger charge is -2.40. The van der Waals surface area contributed by atoms with Gasteiger partial charge < -0.3 is 9.30 Å². The quantitative estimate of drug-likeness (QED) is 0.654. The van der Waals surface area contributed by atoms with E-state index in [2.05, 4.69) is 25.8 Å². The van der Waals surface area contributed by atoms with Gasteiger partial charge in [-0.25, -0.2) is 9.37 Å². The van der Waals surface area contributed by atoms with E-state index in [1.54, 1.807) is 35.6 Å². The summed E-state index contributed by atoms with van der Waals surface area (Å²) in [5.41, 5.74) is 3.22. The number of fused-ring (bicyclic) bond motifs is 2. The molecule has 0 N–H and O–H groups in total. The maximum absolute atomic E-state index is 13.8. The van der Waals surface area contributed by atoms with Gasteiger partial charge >= 0.3 is 0 Å². The van der Waals surface area contributed by atoms with E-state index < -0.39 is 0 Å². The number of pyridine rings is 1. The van der Waals surface area contributed by atoms with Crippen LogP contribution in [-0.4, -0.2) is 21.8 Å². The highest BCUT2D eigenvalue weighted by atomic mass is 19.1. The van der Waals surface area contributed by atoms with Crippen LogP contribution in [-0.2, 0) is 6.42 Å². The number of carbonyl (C=O) groups is 1. The van der Waals surface area contributed by atoms with Crippen LogP contribution in [0, 0.1) is 17.2 Å². The molecule has 0 aliphatic carbocycles. The molecule has 0 radical (unpaired) electrons. The highest BCUT2D eigenvalue weighted by Crippen LogP contribution is 2.38. The number of benzene rings is 1. The van der Waals surface area contributed by atoms with Crippen LogP contribution in [0.5, 0.6) is 0 Å². The molecule has 0 spiro atoms. The van der Waals surface area contributed by atoms with Crippen molar-refractivity contribution in [2.75, 3.05) is 11.4 Å². The molecule has 0 bridgehead atoms. The summed E-state index contributed by atoms with van der Waals surface area (Å²) in [5, 5.41) is 0. The first-order valence-corrected chi connectivity index (χ1v) is 8.85. The van der Waals surface area contributed by atoms with E-state index in [-0.39, 0.29) is 23.1 Å². The molecular formula is C21H22FN3O. The second-order valence-corrected chi connectivity index (χ2v) is 8.10. The van der Waals surface area contributed by atoms with Crippen molar-refractivity contribution < 1.29 is 9.18 Å². The molecule has 0 fully saturated rings. The van der Waals surface area contributed by atoms with Crippen LogP contribution < -0.4 is 4.90 Å². The Bertz CT molecular complexity index is 986. The molecule has 1 aliphatic heterocycles.